The standard InChI is InChI=1S/C17H27F2NO/c1-6-20-15(16(21-7-2)17(3,4)5)10-12-8-9-13(18)11-14(12)19/h8-9,11,15-16,20H,6-7,10H2,1-5H3. The number of halogens is 2. The lowest BCUT2D eigenvalue weighted by molar-refractivity contribution is -0.0353. The van der Waals surface area contributed by atoms with E-state index in [1.165, 1.54) is 12.1 Å². The van der Waals surface area contributed by atoms with E-state index < -0.39 is 11.6 Å². The minimum absolute atomic E-state index is 0.0186. The summed E-state index contributed by atoms with van der Waals surface area (Å²) in [6.45, 7) is 11.7. The van der Waals surface area contributed by atoms with Crippen LogP contribution in [0.2, 0.25) is 0 Å². The Morgan fingerprint density at radius 1 is 1.19 bits per heavy atom. The van der Waals surface area contributed by atoms with E-state index in [0.29, 0.717) is 18.6 Å². The third-order valence-electron chi connectivity index (χ3n) is 3.49. The van der Waals surface area contributed by atoms with Crippen molar-refractivity contribution in [1.82, 2.24) is 5.32 Å². The zero-order chi connectivity index (χ0) is 16.0. The zero-order valence-corrected chi connectivity index (χ0v) is 13.7. The highest BCUT2D eigenvalue weighted by Crippen LogP contribution is 2.27. The number of benzene rings is 1. The molecular weight excluding hydrogens is 272 g/mol. The smallest absolute Gasteiger partial charge is 0.129 e. The fraction of sp³-hybridized carbons (Fsp3) is 0.647. The third kappa shape index (κ3) is 5.36. The van der Waals surface area contributed by atoms with E-state index >= 15 is 0 Å². The Labute approximate surface area is 126 Å². The van der Waals surface area contributed by atoms with Crippen LogP contribution < -0.4 is 5.32 Å². The Balaban J connectivity index is 2.98. The van der Waals surface area contributed by atoms with Crippen molar-refractivity contribution in [3.63, 3.8) is 0 Å². The first-order chi connectivity index (χ1) is 9.79. The molecule has 0 bridgehead atoms. The molecule has 1 N–H and O–H groups in total. The summed E-state index contributed by atoms with van der Waals surface area (Å²) in [5.41, 5.74) is 0.440. The fourth-order valence-corrected chi connectivity index (χ4v) is 2.62. The number of ether oxygens (including phenoxy) is 1. The van der Waals surface area contributed by atoms with Crippen molar-refractivity contribution in [1.29, 1.82) is 0 Å². The van der Waals surface area contributed by atoms with Gasteiger partial charge in [0.2, 0.25) is 0 Å². The Hall–Kier alpha value is -1.00. The summed E-state index contributed by atoms with van der Waals surface area (Å²) in [5, 5.41) is 3.38. The molecule has 0 fully saturated rings. The molecule has 2 atom stereocenters. The lowest BCUT2D eigenvalue weighted by Gasteiger charge is -2.37. The van der Waals surface area contributed by atoms with E-state index in [1.807, 2.05) is 13.8 Å². The minimum Gasteiger partial charge on any atom is -0.376 e. The van der Waals surface area contributed by atoms with Gasteiger partial charge in [-0.15, -0.1) is 0 Å². The number of nitrogens with one attached hydrogen (secondary N) is 1. The molecular formula is C17H27F2NO. The van der Waals surface area contributed by atoms with Gasteiger partial charge in [-0.05, 0) is 36.9 Å². The number of rotatable bonds is 7. The summed E-state index contributed by atoms with van der Waals surface area (Å²) in [6, 6.07) is 3.73. The molecule has 2 nitrogen and oxygen atoms in total. The van der Waals surface area contributed by atoms with Gasteiger partial charge in [0.1, 0.15) is 11.6 Å². The predicted octanol–water partition coefficient (Wildman–Crippen LogP) is 3.94. The van der Waals surface area contributed by atoms with Crippen molar-refractivity contribution in [3.8, 4) is 0 Å². The maximum Gasteiger partial charge on any atom is 0.129 e. The molecule has 0 saturated carbocycles. The van der Waals surface area contributed by atoms with Gasteiger partial charge in [0.15, 0.2) is 0 Å². The second kappa shape index (κ2) is 7.85. The molecule has 21 heavy (non-hydrogen) atoms. The largest absolute Gasteiger partial charge is 0.376 e. The van der Waals surface area contributed by atoms with Crippen molar-refractivity contribution in [2.45, 2.75) is 53.2 Å². The highest BCUT2D eigenvalue weighted by atomic mass is 19.1. The predicted molar refractivity (Wildman–Crippen MR) is 82.4 cm³/mol. The van der Waals surface area contributed by atoms with E-state index in [4.69, 9.17) is 4.74 Å². The maximum absolute atomic E-state index is 13.9. The Bertz CT molecular complexity index is 443. The van der Waals surface area contributed by atoms with Crippen LogP contribution in [0.5, 0.6) is 0 Å². The molecule has 0 spiro atoms. The molecule has 1 aromatic rings. The Morgan fingerprint density at radius 3 is 2.33 bits per heavy atom. The normalized spacial score (nSPS) is 15.0. The lowest BCUT2D eigenvalue weighted by atomic mass is 9.82. The highest BCUT2D eigenvalue weighted by molar-refractivity contribution is 5.20. The van der Waals surface area contributed by atoms with Gasteiger partial charge in [-0.1, -0.05) is 33.8 Å². The molecule has 0 saturated heterocycles. The molecule has 0 aromatic heterocycles. The van der Waals surface area contributed by atoms with Crippen molar-refractivity contribution in [2.24, 2.45) is 5.41 Å². The number of hydrogen-bond acceptors (Lipinski definition) is 2. The van der Waals surface area contributed by atoms with Crippen LogP contribution in [0.1, 0.15) is 40.2 Å². The second-order valence-electron chi connectivity index (χ2n) is 6.35. The first-order valence-electron chi connectivity index (χ1n) is 7.58. The third-order valence-corrected chi connectivity index (χ3v) is 3.49. The first-order valence-corrected chi connectivity index (χ1v) is 7.58. The summed E-state index contributed by atoms with van der Waals surface area (Å²) < 4.78 is 32.8. The molecule has 4 heteroatoms. The average Bonchev–Trinajstić information content (AvgIpc) is 2.37. The van der Waals surface area contributed by atoms with Crippen molar-refractivity contribution >= 4 is 0 Å². The summed E-state index contributed by atoms with van der Waals surface area (Å²) >= 11 is 0. The van der Waals surface area contributed by atoms with Crippen LogP contribution in [0.3, 0.4) is 0 Å². The van der Waals surface area contributed by atoms with E-state index in [1.54, 1.807) is 0 Å². The Morgan fingerprint density at radius 2 is 1.86 bits per heavy atom. The van der Waals surface area contributed by atoms with E-state index in [0.717, 1.165) is 12.6 Å². The average molecular weight is 299 g/mol. The summed E-state index contributed by atoms with van der Waals surface area (Å²) in [5.74, 6) is -1.05. The molecule has 2 unspecified atom stereocenters. The van der Waals surface area contributed by atoms with Crippen molar-refractivity contribution in [2.75, 3.05) is 13.2 Å². The molecule has 0 aliphatic heterocycles. The second-order valence-corrected chi connectivity index (χ2v) is 6.35. The van der Waals surface area contributed by atoms with Gasteiger partial charge in [0, 0.05) is 18.7 Å². The van der Waals surface area contributed by atoms with Crippen LogP contribution in [-0.4, -0.2) is 25.3 Å². The fourth-order valence-electron chi connectivity index (χ4n) is 2.62. The van der Waals surface area contributed by atoms with Crippen molar-refractivity contribution in [3.05, 3.63) is 35.4 Å². The lowest BCUT2D eigenvalue weighted by Crippen LogP contribution is -2.49. The first kappa shape index (κ1) is 18.1. The highest BCUT2D eigenvalue weighted by Gasteiger charge is 2.33. The van der Waals surface area contributed by atoms with Crippen LogP contribution in [0.4, 0.5) is 8.78 Å². The van der Waals surface area contributed by atoms with Crippen molar-refractivity contribution < 1.29 is 13.5 Å². The van der Waals surface area contributed by atoms with E-state index in [-0.39, 0.29) is 17.6 Å². The molecule has 0 aliphatic carbocycles. The zero-order valence-electron chi connectivity index (χ0n) is 13.7. The monoisotopic (exact) mass is 299 g/mol. The van der Waals surface area contributed by atoms with Crippen LogP contribution in [0.25, 0.3) is 0 Å². The Kier molecular flexibility index (Phi) is 6.75. The molecule has 0 radical (unpaired) electrons. The number of likely N-dealkylation sites (N-methyl/N-ethyl adjacent to an activating group) is 1. The summed E-state index contributed by atoms with van der Waals surface area (Å²) in [7, 11) is 0. The van der Waals surface area contributed by atoms with Gasteiger partial charge in [-0.25, -0.2) is 8.78 Å². The van der Waals surface area contributed by atoms with Crippen LogP contribution in [-0.2, 0) is 11.2 Å². The van der Waals surface area contributed by atoms with Gasteiger partial charge in [0.05, 0.1) is 6.10 Å². The molecule has 0 amide bonds. The SMILES string of the molecule is CCNC(Cc1ccc(F)cc1F)C(OCC)C(C)(C)C. The summed E-state index contributed by atoms with van der Waals surface area (Å²) in [4.78, 5) is 0. The quantitative estimate of drug-likeness (QED) is 0.823. The van der Waals surface area contributed by atoms with Gasteiger partial charge < -0.3 is 10.1 Å². The van der Waals surface area contributed by atoms with E-state index in [2.05, 4.69) is 26.1 Å². The van der Waals surface area contributed by atoms with Crippen LogP contribution in [0.15, 0.2) is 18.2 Å². The van der Waals surface area contributed by atoms with Gasteiger partial charge in [-0.3, -0.25) is 0 Å². The molecule has 1 aromatic carbocycles. The molecule has 1 rings (SSSR count). The molecule has 120 valence electrons. The van der Waals surface area contributed by atoms with Crippen LogP contribution in [0, 0.1) is 17.0 Å². The minimum atomic E-state index is -0.548. The maximum atomic E-state index is 13.9. The van der Waals surface area contributed by atoms with Crippen LogP contribution >= 0.6 is 0 Å². The van der Waals surface area contributed by atoms with Gasteiger partial charge in [0.25, 0.3) is 0 Å². The van der Waals surface area contributed by atoms with Gasteiger partial charge in [-0.2, -0.15) is 0 Å². The molecule has 0 aliphatic rings. The van der Waals surface area contributed by atoms with E-state index in [9.17, 15) is 8.78 Å². The topological polar surface area (TPSA) is 21.3 Å². The number of hydrogen-bond donors (Lipinski definition) is 1. The summed E-state index contributed by atoms with van der Waals surface area (Å²) in [6.07, 6.45) is 0.425. The van der Waals surface area contributed by atoms with Gasteiger partial charge >= 0.3 is 0 Å². The molecule has 0 heterocycles.